The zero-order valence-electron chi connectivity index (χ0n) is 11.9. The molecule has 3 nitrogen and oxygen atoms in total. The van der Waals surface area contributed by atoms with Gasteiger partial charge in [0.25, 0.3) is 0 Å². The van der Waals surface area contributed by atoms with Crippen molar-refractivity contribution in [1.82, 2.24) is 0 Å². The van der Waals surface area contributed by atoms with Crippen molar-refractivity contribution in [2.45, 2.75) is 32.6 Å². The second kappa shape index (κ2) is 9.56. The van der Waals surface area contributed by atoms with Crippen molar-refractivity contribution in [3.05, 3.63) is 35.9 Å². The zero-order chi connectivity index (χ0) is 13.9. The molecule has 0 radical (unpaired) electrons. The van der Waals surface area contributed by atoms with E-state index in [0.29, 0.717) is 6.61 Å². The maximum absolute atomic E-state index is 11.8. The smallest absolute Gasteiger partial charge is 0.308 e. The standard InChI is InChI=1S/C16H24O3/c1-14(13-15-9-5-3-6-10-15)16(17)19-12-8-4-7-11-18-2/h3,5-6,9-10,14H,4,7-8,11-13H2,1-2H3. The molecule has 0 aromatic heterocycles. The van der Waals surface area contributed by atoms with Crippen LogP contribution < -0.4 is 0 Å². The van der Waals surface area contributed by atoms with Crippen LogP contribution in [0.15, 0.2) is 30.3 Å². The van der Waals surface area contributed by atoms with Crippen molar-refractivity contribution in [3.63, 3.8) is 0 Å². The number of methoxy groups -OCH3 is 1. The molecule has 1 rings (SSSR count). The van der Waals surface area contributed by atoms with E-state index in [4.69, 9.17) is 9.47 Å². The summed E-state index contributed by atoms with van der Waals surface area (Å²) in [5.74, 6) is -0.183. The lowest BCUT2D eigenvalue weighted by Crippen LogP contribution is -2.17. The summed E-state index contributed by atoms with van der Waals surface area (Å²) in [6, 6.07) is 10.0. The first-order valence-corrected chi connectivity index (χ1v) is 6.93. The second-order valence-corrected chi connectivity index (χ2v) is 4.81. The van der Waals surface area contributed by atoms with E-state index in [-0.39, 0.29) is 11.9 Å². The highest BCUT2D eigenvalue weighted by Crippen LogP contribution is 2.10. The molecule has 1 unspecified atom stereocenters. The largest absolute Gasteiger partial charge is 0.465 e. The average Bonchev–Trinajstić information content (AvgIpc) is 2.43. The van der Waals surface area contributed by atoms with Crippen LogP contribution in [-0.2, 0) is 20.7 Å². The number of carbonyl (C=O) groups is 1. The molecular formula is C16H24O3. The number of hydrogen-bond acceptors (Lipinski definition) is 3. The van der Waals surface area contributed by atoms with Crippen LogP contribution in [0.4, 0.5) is 0 Å². The van der Waals surface area contributed by atoms with E-state index >= 15 is 0 Å². The third-order valence-corrected chi connectivity index (χ3v) is 3.02. The number of rotatable bonds is 9. The van der Waals surface area contributed by atoms with Crippen molar-refractivity contribution in [3.8, 4) is 0 Å². The normalized spacial score (nSPS) is 12.1. The lowest BCUT2D eigenvalue weighted by atomic mass is 10.0. The molecule has 0 bridgehead atoms. The van der Waals surface area contributed by atoms with Gasteiger partial charge in [0.15, 0.2) is 0 Å². The Morgan fingerprint density at radius 1 is 1.11 bits per heavy atom. The van der Waals surface area contributed by atoms with Gasteiger partial charge in [-0.25, -0.2) is 0 Å². The van der Waals surface area contributed by atoms with Crippen molar-refractivity contribution in [2.24, 2.45) is 5.92 Å². The molecule has 0 saturated heterocycles. The Morgan fingerprint density at radius 3 is 2.47 bits per heavy atom. The highest BCUT2D eigenvalue weighted by atomic mass is 16.5. The summed E-state index contributed by atoms with van der Waals surface area (Å²) in [6.07, 6.45) is 3.71. The number of hydrogen-bond donors (Lipinski definition) is 0. The zero-order valence-corrected chi connectivity index (χ0v) is 11.9. The van der Waals surface area contributed by atoms with Gasteiger partial charge in [-0.1, -0.05) is 37.3 Å². The lowest BCUT2D eigenvalue weighted by molar-refractivity contribution is -0.148. The first kappa shape index (κ1) is 15.7. The first-order valence-electron chi connectivity index (χ1n) is 6.93. The molecule has 0 aliphatic rings. The van der Waals surface area contributed by atoms with Crippen LogP contribution in [0.2, 0.25) is 0 Å². The third kappa shape index (κ3) is 6.97. The Balaban J connectivity index is 2.15. The first-order chi connectivity index (χ1) is 9.24. The Hall–Kier alpha value is -1.35. The van der Waals surface area contributed by atoms with Crippen LogP contribution in [0.25, 0.3) is 0 Å². The molecule has 1 aromatic carbocycles. The van der Waals surface area contributed by atoms with Crippen LogP contribution in [0.5, 0.6) is 0 Å². The molecule has 19 heavy (non-hydrogen) atoms. The Morgan fingerprint density at radius 2 is 1.79 bits per heavy atom. The van der Waals surface area contributed by atoms with Gasteiger partial charge in [0.1, 0.15) is 0 Å². The number of carbonyl (C=O) groups excluding carboxylic acids is 1. The highest BCUT2D eigenvalue weighted by Gasteiger charge is 2.14. The van der Waals surface area contributed by atoms with Gasteiger partial charge in [-0.2, -0.15) is 0 Å². The summed E-state index contributed by atoms with van der Waals surface area (Å²) in [4.78, 5) is 11.8. The van der Waals surface area contributed by atoms with E-state index in [1.54, 1.807) is 7.11 Å². The number of esters is 1. The fourth-order valence-corrected chi connectivity index (χ4v) is 1.89. The molecule has 0 saturated carbocycles. The van der Waals surface area contributed by atoms with Crippen LogP contribution in [0, 0.1) is 5.92 Å². The molecule has 0 heterocycles. The van der Waals surface area contributed by atoms with E-state index in [0.717, 1.165) is 32.3 Å². The molecule has 3 heteroatoms. The molecule has 0 fully saturated rings. The predicted octanol–water partition coefficient (Wildman–Crippen LogP) is 3.23. The monoisotopic (exact) mass is 264 g/mol. The van der Waals surface area contributed by atoms with Crippen LogP contribution in [0.1, 0.15) is 31.7 Å². The minimum atomic E-state index is -0.101. The second-order valence-electron chi connectivity index (χ2n) is 4.81. The maximum atomic E-state index is 11.8. The Kier molecular flexibility index (Phi) is 7.91. The van der Waals surface area contributed by atoms with E-state index in [1.165, 1.54) is 5.56 Å². The van der Waals surface area contributed by atoms with Gasteiger partial charge in [0.05, 0.1) is 12.5 Å². The van der Waals surface area contributed by atoms with E-state index in [9.17, 15) is 4.79 Å². The molecule has 106 valence electrons. The summed E-state index contributed by atoms with van der Waals surface area (Å²) in [6.45, 7) is 3.21. The average molecular weight is 264 g/mol. The van der Waals surface area contributed by atoms with Crippen LogP contribution in [0.3, 0.4) is 0 Å². The molecule has 0 N–H and O–H groups in total. The van der Waals surface area contributed by atoms with Crippen molar-refractivity contribution >= 4 is 5.97 Å². The topological polar surface area (TPSA) is 35.5 Å². The van der Waals surface area contributed by atoms with Crippen LogP contribution >= 0.6 is 0 Å². The maximum Gasteiger partial charge on any atom is 0.308 e. The Bertz CT molecular complexity index is 348. The minimum Gasteiger partial charge on any atom is -0.465 e. The molecule has 0 aliphatic carbocycles. The number of ether oxygens (including phenoxy) is 2. The summed E-state index contributed by atoms with van der Waals surface area (Å²) < 4.78 is 10.2. The van der Waals surface area contributed by atoms with Crippen molar-refractivity contribution in [2.75, 3.05) is 20.3 Å². The van der Waals surface area contributed by atoms with Crippen molar-refractivity contribution in [1.29, 1.82) is 0 Å². The SMILES string of the molecule is COCCCCCOC(=O)C(C)Cc1ccccc1. The quantitative estimate of drug-likeness (QED) is 0.507. The van der Waals surface area contributed by atoms with Gasteiger partial charge in [0.2, 0.25) is 0 Å². The highest BCUT2D eigenvalue weighted by molar-refractivity contribution is 5.72. The molecule has 0 spiro atoms. The number of unbranched alkanes of at least 4 members (excludes halogenated alkanes) is 2. The van der Waals surface area contributed by atoms with Gasteiger partial charge in [-0.3, -0.25) is 4.79 Å². The molecule has 0 aliphatic heterocycles. The molecule has 1 aromatic rings. The summed E-state index contributed by atoms with van der Waals surface area (Å²) >= 11 is 0. The predicted molar refractivity (Wildman–Crippen MR) is 76.0 cm³/mol. The number of benzene rings is 1. The molecular weight excluding hydrogens is 240 g/mol. The summed E-state index contributed by atoms with van der Waals surface area (Å²) in [5, 5.41) is 0. The van der Waals surface area contributed by atoms with Crippen molar-refractivity contribution < 1.29 is 14.3 Å². The molecule has 1 atom stereocenters. The summed E-state index contributed by atoms with van der Waals surface area (Å²) in [5.41, 5.74) is 1.17. The fraction of sp³-hybridized carbons (Fsp3) is 0.562. The third-order valence-electron chi connectivity index (χ3n) is 3.02. The summed E-state index contributed by atoms with van der Waals surface area (Å²) in [7, 11) is 1.70. The lowest BCUT2D eigenvalue weighted by Gasteiger charge is -2.11. The van der Waals surface area contributed by atoms with Gasteiger partial charge >= 0.3 is 5.97 Å². The Labute approximate surface area is 115 Å². The fourth-order valence-electron chi connectivity index (χ4n) is 1.89. The molecule has 0 amide bonds. The van der Waals surface area contributed by atoms with Gasteiger partial charge in [-0.05, 0) is 31.2 Å². The van der Waals surface area contributed by atoms with E-state index in [1.807, 2.05) is 37.3 Å². The van der Waals surface area contributed by atoms with E-state index in [2.05, 4.69) is 0 Å². The minimum absolute atomic E-state index is 0.0821. The van der Waals surface area contributed by atoms with Gasteiger partial charge < -0.3 is 9.47 Å². The van der Waals surface area contributed by atoms with E-state index < -0.39 is 0 Å². The van der Waals surface area contributed by atoms with Crippen LogP contribution in [-0.4, -0.2) is 26.3 Å². The van der Waals surface area contributed by atoms with Gasteiger partial charge in [-0.15, -0.1) is 0 Å². The van der Waals surface area contributed by atoms with Gasteiger partial charge in [0, 0.05) is 13.7 Å².